The maximum absolute atomic E-state index is 14.0. The van der Waals surface area contributed by atoms with Crippen LogP contribution in [0.5, 0.6) is 0 Å². The van der Waals surface area contributed by atoms with Crippen molar-refractivity contribution in [3.05, 3.63) is 47.4 Å². The van der Waals surface area contributed by atoms with Crippen LogP contribution in [0.2, 0.25) is 0 Å². The number of guanidine groups is 1. The van der Waals surface area contributed by atoms with Gasteiger partial charge in [0.2, 0.25) is 0 Å². The molecule has 9 heteroatoms. The van der Waals surface area contributed by atoms with E-state index in [9.17, 15) is 8.78 Å². The summed E-state index contributed by atoms with van der Waals surface area (Å²) in [7, 11) is 1.71. The third-order valence-electron chi connectivity index (χ3n) is 5.41. The summed E-state index contributed by atoms with van der Waals surface area (Å²) in [6.07, 6.45) is 2.90. The van der Waals surface area contributed by atoms with Gasteiger partial charge in [0.1, 0.15) is 11.6 Å². The summed E-state index contributed by atoms with van der Waals surface area (Å²) in [4.78, 5) is 6.17. The van der Waals surface area contributed by atoms with Crippen molar-refractivity contribution in [3.8, 4) is 0 Å². The van der Waals surface area contributed by atoms with Gasteiger partial charge in [0.15, 0.2) is 11.7 Å². The van der Waals surface area contributed by atoms with Crippen molar-refractivity contribution < 1.29 is 13.3 Å². The molecule has 0 spiro atoms. The zero-order valence-electron chi connectivity index (χ0n) is 17.6. The van der Waals surface area contributed by atoms with E-state index in [1.54, 1.807) is 7.05 Å². The number of aliphatic imine (C=N–C) groups is 1. The van der Waals surface area contributed by atoms with Gasteiger partial charge >= 0.3 is 0 Å². The van der Waals surface area contributed by atoms with E-state index in [0.29, 0.717) is 37.2 Å². The molecule has 0 radical (unpaired) electrons. The minimum atomic E-state index is -0.565. The van der Waals surface area contributed by atoms with Crippen LogP contribution >= 0.6 is 24.0 Å². The summed E-state index contributed by atoms with van der Waals surface area (Å²) in [6.45, 7) is 6.09. The first-order chi connectivity index (χ1) is 14.0. The van der Waals surface area contributed by atoms with Crippen molar-refractivity contribution in [2.24, 2.45) is 4.99 Å². The largest absolute Gasteiger partial charge is 0.367 e. The molecule has 1 saturated heterocycles. The number of aromatic nitrogens is 1. The van der Waals surface area contributed by atoms with Crippen molar-refractivity contribution in [1.82, 2.24) is 15.8 Å². The summed E-state index contributed by atoms with van der Waals surface area (Å²) in [5, 5.41) is 10.8. The monoisotopic (exact) mass is 533 g/mol. The lowest BCUT2D eigenvalue weighted by atomic mass is 9.99. The van der Waals surface area contributed by atoms with E-state index in [-0.39, 0.29) is 30.0 Å². The average Bonchev–Trinajstić information content (AvgIpc) is 3.36. The molecule has 2 N–H and O–H groups in total. The maximum Gasteiger partial charge on any atom is 0.191 e. The fraction of sp³-hybridized carbons (Fsp3) is 0.524. The van der Waals surface area contributed by atoms with Crippen LogP contribution in [0, 0.1) is 11.6 Å². The highest BCUT2D eigenvalue weighted by molar-refractivity contribution is 14.0. The summed E-state index contributed by atoms with van der Waals surface area (Å²) >= 11 is 0. The Kier molecular flexibility index (Phi) is 9.32. The number of hydrogen-bond donors (Lipinski definition) is 2. The van der Waals surface area contributed by atoms with Crippen LogP contribution in [0.4, 0.5) is 14.5 Å². The fourth-order valence-electron chi connectivity index (χ4n) is 3.71. The Morgan fingerprint density at radius 3 is 2.73 bits per heavy atom. The SMILES string of the molecule is CCC(CC)c1cc(CNC(=NC)NC2CCN(c3ccc(F)cc3F)C2)on1.I. The molecule has 2 aromatic rings. The van der Waals surface area contributed by atoms with Crippen molar-refractivity contribution in [1.29, 1.82) is 0 Å². The molecule has 0 amide bonds. The van der Waals surface area contributed by atoms with Crippen LogP contribution in [0.3, 0.4) is 0 Å². The molecule has 1 aliphatic heterocycles. The van der Waals surface area contributed by atoms with Gasteiger partial charge in [-0.05, 0) is 31.4 Å². The molecule has 1 fully saturated rings. The van der Waals surface area contributed by atoms with E-state index < -0.39 is 11.6 Å². The second-order valence-electron chi connectivity index (χ2n) is 7.33. The first-order valence-corrected chi connectivity index (χ1v) is 10.2. The molecule has 3 rings (SSSR count). The molecule has 0 saturated carbocycles. The Labute approximate surface area is 193 Å². The topological polar surface area (TPSA) is 65.7 Å². The third kappa shape index (κ3) is 6.05. The van der Waals surface area contributed by atoms with Gasteiger partial charge in [-0.2, -0.15) is 0 Å². The van der Waals surface area contributed by atoms with Gasteiger partial charge < -0.3 is 20.1 Å². The van der Waals surface area contributed by atoms with E-state index >= 15 is 0 Å². The Hall–Kier alpha value is -1.91. The number of benzene rings is 1. The third-order valence-corrected chi connectivity index (χ3v) is 5.41. The van der Waals surface area contributed by atoms with Gasteiger partial charge in [-0.3, -0.25) is 4.99 Å². The predicted molar refractivity (Wildman–Crippen MR) is 126 cm³/mol. The van der Waals surface area contributed by atoms with E-state index in [4.69, 9.17) is 4.52 Å². The van der Waals surface area contributed by atoms with Crippen LogP contribution < -0.4 is 15.5 Å². The molecule has 1 aliphatic rings. The maximum atomic E-state index is 14.0. The molecule has 2 heterocycles. The minimum Gasteiger partial charge on any atom is -0.367 e. The Morgan fingerprint density at radius 2 is 2.07 bits per heavy atom. The van der Waals surface area contributed by atoms with Crippen LogP contribution in [-0.2, 0) is 6.54 Å². The van der Waals surface area contributed by atoms with E-state index in [2.05, 4.69) is 34.6 Å². The summed E-state index contributed by atoms with van der Waals surface area (Å²) < 4.78 is 32.6. The lowest BCUT2D eigenvalue weighted by Crippen LogP contribution is -2.44. The standard InChI is InChI=1S/C21H29F2N5O.HI/c1-4-14(5-2)19-11-17(29-27-19)12-25-21(24-3)26-16-8-9-28(13-16)20-7-6-15(22)10-18(20)23;/h6-7,10-11,14,16H,4-5,8-9,12-13H2,1-3H3,(H2,24,25,26);1H. The molecule has 1 aromatic carbocycles. The highest BCUT2D eigenvalue weighted by atomic mass is 127. The number of nitrogens with one attached hydrogen (secondary N) is 2. The highest BCUT2D eigenvalue weighted by Gasteiger charge is 2.25. The number of rotatable bonds is 7. The smallest absolute Gasteiger partial charge is 0.191 e. The number of halogens is 3. The van der Waals surface area contributed by atoms with E-state index in [0.717, 1.165) is 36.8 Å². The molecular weight excluding hydrogens is 503 g/mol. The van der Waals surface area contributed by atoms with E-state index in [1.165, 1.54) is 12.1 Å². The quantitative estimate of drug-likeness (QED) is 0.314. The van der Waals surface area contributed by atoms with Gasteiger partial charge in [-0.1, -0.05) is 19.0 Å². The molecule has 0 aliphatic carbocycles. The summed E-state index contributed by atoms with van der Waals surface area (Å²) in [5.74, 6) is 0.727. The van der Waals surface area contributed by atoms with Gasteiger partial charge in [0.25, 0.3) is 0 Å². The minimum absolute atomic E-state index is 0. The zero-order valence-corrected chi connectivity index (χ0v) is 20.0. The Morgan fingerprint density at radius 1 is 1.30 bits per heavy atom. The lowest BCUT2D eigenvalue weighted by Gasteiger charge is -2.20. The first kappa shape index (κ1) is 24.4. The molecule has 1 unspecified atom stereocenters. The van der Waals surface area contributed by atoms with Gasteiger partial charge in [0, 0.05) is 44.2 Å². The average molecular weight is 533 g/mol. The molecule has 1 atom stereocenters. The molecule has 1 aromatic heterocycles. The molecular formula is C21H30F2IN5O. The van der Waals surface area contributed by atoms with Gasteiger partial charge in [0.05, 0.1) is 17.9 Å². The summed E-state index contributed by atoms with van der Waals surface area (Å²) in [5.41, 5.74) is 1.41. The molecule has 0 bridgehead atoms. The van der Waals surface area contributed by atoms with Crippen molar-refractivity contribution in [2.75, 3.05) is 25.0 Å². The second kappa shape index (κ2) is 11.5. The Bertz CT molecular complexity index is 841. The predicted octanol–water partition coefficient (Wildman–Crippen LogP) is 4.42. The van der Waals surface area contributed by atoms with E-state index in [1.807, 2.05) is 11.0 Å². The fourth-order valence-corrected chi connectivity index (χ4v) is 3.71. The first-order valence-electron chi connectivity index (χ1n) is 10.2. The van der Waals surface area contributed by atoms with Crippen LogP contribution in [0.15, 0.2) is 33.8 Å². The Balaban J connectivity index is 0.00000320. The van der Waals surface area contributed by atoms with Crippen LogP contribution in [0.25, 0.3) is 0 Å². The van der Waals surface area contributed by atoms with Crippen LogP contribution in [-0.4, -0.2) is 37.3 Å². The highest BCUT2D eigenvalue weighted by Crippen LogP contribution is 2.24. The van der Waals surface area contributed by atoms with Crippen LogP contribution in [0.1, 0.15) is 50.5 Å². The van der Waals surface area contributed by atoms with Gasteiger partial charge in [-0.25, -0.2) is 8.78 Å². The van der Waals surface area contributed by atoms with Crippen molar-refractivity contribution >= 4 is 35.6 Å². The molecule has 30 heavy (non-hydrogen) atoms. The number of hydrogen-bond acceptors (Lipinski definition) is 4. The molecule has 6 nitrogen and oxygen atoms in total. The van der Waals surface area contributed by atoms with Crippen molar-refractivity contribution in [2.45, 2.75) is 51.6 Å². The number of nitrogens with zero attached hydrogens (tertiary/aromatic N) is 3. The van der Waals surface area contributed by atoms with Gasteiger partial charge in [-0.15, -0.1) is 24.0 Å². The molecule has 166 valence electrons. The zero-order chi connectivity index (χ0) is 20.8. The second-order valence-corrected chi connectivity index (χ2v) is 7.33. The number of anilines is 1. The summed E-state index contributed by atoms with van der Waals surface area (Å²) in [6, 6.07) is 5.80. The van der Waals surface area contributed by atoms with Crippen molar-refractivity contribution in [3.63, 3.8) is 0 Å². The lowest BCUT2D eigenvalue weighted by molar-refractivity contribution is 0.368. The normalized spacial score (nSPS) is 16.7.